The maximum atomic E-state index is 13.3. The lowest BCUT2D eigenvalue weighted by Gasteiger charge is -2.07. The van der Waals surface area contributed by atoms with Gasteiger partial charge in [-0.25, -0.2) is 9.18 Å². The van der Waals surface area contributed by atoms with Crippen molar-refractivity contribution in [2.45, 2.75) is 6.92 Å². The predicted molar refractivity (Wildman–Crippen MR) is 63.5 cm³/mol. The molecular formula is C14H11FO2. The van der Waals surface area contributed by atoms with Crippen LogP contribution in [0.3, 0.4) is 0 Å². The molecule has 0 saturated heterocycles. The molecule has 0 atom stereocenters. The quantitative estimate of drug-likeness (QED) is 0.857. The highest BCUT2D eigenvalue weighted by molar-refractivity contribution is 5.89. The monoisotopic (exact) mass is 230 g/mol. The Morgan fingerprint density at radius 2 is 1.88 bits per heavy atom. The summed E-state index contributed by atoms with van der Waals surface area (Å²) in [6.07, 6.45) is 0. The molecule has 2 aromatic rings. The first kappa shape index (κ1) is 11.3. The number of aryl methyl sites for hydroxylation is 1. The summed E-state index contributed by atoms with van der Waals surface area (Å²) in [4.78, 5) is 10.9. The van der Waals surface area contributed by atoms with E-state index in [1.807, 2.05) is 31.2 Å². The zero-order valence-corrected chi connectivity index (χ0v) is 9.27. The number of carboxylic acid groups (broad SMARTS) is 1. The lowest BCUT2D eigenvalue weighted by Crippen LogP contribution is -1.98. The van der Waals surface area contributed by atoms with Gasteiger partial charge < -0.3 is 5.11 Å². The highest BCUT2D eigenvalue weighted by Crippen LogP contribution is 2.25. The average molecular weight is 230 g/mol. The van der Waals surface area contributed by atoms with Crippen LogP contribution in [0.1, 0.15) is 15.9 Å². The van der Waals surface area contributed by atoms with Gasteiger partial charge in [-0.1, -0.05) is 24.3 Å². The lowest BCUT2D eigenvalue weighted by molar-refractivity contribution is 0.0696. The Balaban J connectivity index is 2.60. The first-order chi connectivity index (χ1) is 8.08. The van der Waals surface area contributed by atoms with E-state index >= 15 is 0 Å². The highest BCUT2D eigenvalue weighted by atomic mass is 19.1. The van der Waals surface area contributed by atoms with Gasteiger partial charge in [0.1, 0.15) is 5.82 Å². The molecule has 0 bridgehead atoms. The number of aromatic carboxylic acids is 1. The van der Waals surface area contributed by atoms with Crippen LogP contribution in [0.4, 0.5) is 4.39 Å². The van der Waals surface area contributed by atoms with Gasteiger partial charge in [0.25, 0.3) is 0 Å². The minimum absolute atomic E-state index is 0.0387. The van der Waals surface area contributed by atoms with Gasteiger partial charge in [-0.05, 0) is 41.8 Å². The Morgan fingerprint density at radius 3 is 2.53 bits per heavy atom. The molecule has 0 aliphatic heterocycles. The van der Waals surface area contributed by atoms with E-state index in [0.717, 1.165) is 17.2 Å². The summed E-state index contributed by atoms with van der Waals surface area (Å²) in [5.41, 5.74) is 2.37. The summed E-state index contributed by atoms with van der Waals surface area (Å²) in [7, 11) is 0. The van der Waals surface area contributed by atoms with E-state index in [1.54, 1.807) is 0 Å². The number of hydrogen-bond acceptors (Lipinski definition) is 1. The molecule has 86 valence electrons. The van der Waals surface area contributed by atoms with Crippen molar-refractivity contribution < 1.29 is 14.3 Å². The third-order valence-electron chi connectivity index (χ3n) is 2.60. The van der Waals surface area contributed by atoms with Gasteiger partial charge in [0.05, 0.1) is 5.56 Å². The van der Waals surface area contributed by atoms with Gasteiger partial charge in [0, 0.05) is 0 Å². The molecule has 0 heterocycles. The van der Waals surface area contributed by atoms with Crippen LogP contribution in [0.25, 0.3) is 11.1 Å². The Hall–Kier alpha value is -2.16. The number of benzene rings is 2. The molecule has 2 aromatic carbocycles. The number of carbonyl (C=O) groups is 1. The standard InChI is InChI=1S/C14H11FO2/c1-9-4-2-3-5-13(9)10-6-11(14(16)17)8-12(15)7-10/h2-8H,1H3,(H,16,17). The van der Waals surface area contributed by atoms with Gasteiger partial charge in [0.15, 0.2) is 0 Å². The number of hydrogen-bond donors (Lipinski definition) is 1. The minimum Gasteiger partial charge on any atom is -0.478 e. The Bertz CT molecular complexity index is 576. The van der Waals surface area contributed by atoms with E-state index in [4.69, 9.17) is 5.11 Å². The largest absolute Gasteiger partial charge is 0.478 e. The molecule has 0 fully saturated rings. The van der Waals surface area contributed by atoms with Crippen LogP contribution in [0, 0.1) is 12.7 Å². The van der Waals surface area contributed by atoms with Crippen LogP contribution < -0.4 is 0 Å². The first-order valence-electron chi connectivity index (χ1n) is 5.18. The third-order valence-corrected chi connectivity index (χ3v) is 2.60. The predicted octanol–water partition coefficient (Wildman–Crippen LogP) is 3.50. The van der Waals surface area contributed by atoms with Crippen LogP contribution in [0.2, 0.25) is 0 Å². The molecule has 1 N–H and O–H groups in total. The maximum absolute atomic E-state index is 13.3. The van der Waals surface area contributed by atoms with Crippen molar-refractivity contribution in [1.82, 2.24) is 0 Å². The van der Waals surface area contributed by atoms with E-state index in [-0.39, 0.29) is 5.56 Å². The van der Waals surface area contributed by atoms with Gasteiger partial charge in [-0.15, -0.1) is 0 Å². The van der Waals surface area contributed by atoms with Crippen molar-refractivity contribution in [3.63, 3.8) is 0 Å². The van der Waals surface area contributed by atoms with Crippen molar-refractivity contribution in [3.05, 3.63) is 59.4 Å². The molecule has 0 amide bonds. The molecule has 0 saturated carbocycles. The van der Waals surface area contributed by atoms with Crippen LogP contribution in [0.15, 0.2) is 42.5 Å². The molecular weight excluding hydrogens is 219 g/mol. The van der Waals surface area contributed by atoms with Gasteiger partial charge >= 0.3 is 5.97 Å². The lowest BCUT2D eigenvalue weighted by atomic mass is 9.99. The first-order valence-corrected chi connectivity index (χ1v) is 5.18. The fourth-order valence-electron chi connectivity index (χ4n) is 1.77. The second-order valence-electron chi connectivity index (χ2n) is 3.85. The van der Waals surface area contributed by atoms with Crippen molar-refractivity contribution in [2.24, 2.45) is 0 Å². The normalized spacial score (nSPS) is 10.2. The smallest absolute Gasteiger partial charge is 0.335 e. The number of rotatable bonds is 2. The fourth-order valence-corrected chi connectivity index (χ4v) is 1.77. The second-order valence-corrected chi connectivity index (χ2v) is 3.85. The van der Waals surface area contributed by atoms with E-state index in [2.05, 4.69) is 0 Å². The average Bonchev–Trinajstić information content (AvgIpc) is 2.28. The van der Waals surface area contributed by atoms with Crippen molar-refractivity contribution in [3.8, 4) is 11.1 Å². The van der Waals surface area contributed by atoms with E-state index < -0.39 is 11.8 Å². The van der Waals surface area contributed by atoms with Crippen LogP contribution in [-0.2, 0) is 0 Å². The Labute approximate surface area is 98.3 Å². The SMILES string of the molecule is Cc1ccccc1-c1cc(F)cc(C(=O)O)c1. The van der Waals surface area contributed by atoms with Crippen molar-refractivity contribution in [1.29, 1.82) is 0 Å². The fraction of sp³-hybridized carbons (Fsp3) is 0.0714. The molecule has 2 nitrogen and oxygen atoms in total. The summed E-state index contributed by atoms with van der Waals surface area (Å²) in [6.45, 7) is 1.90. The van der Waals surface area contributed by atoms with Gasteiger partial charge in [0.2, 0.25) is 0 Å². The molecule has 2 rings (SSSR count). The summed E-state index contributed by atoms with van der Waals surface area (Å²) < 4.78 is 13.3. The third kappa shape index (κ3) is 2.33. The highest BCUT2D eigenvalue weighted by Gasteiger charge is 2.09. The van der Waals surface area contributed by atoms with Gasteiger partial charge in [-0.3, -0.25) is 0 Å². The van der Waals surface area contributed by atoms with E-state index in [1.165, 1.54) is 12.1 Å². The summed E-state index contributed by atoms with van der Waals surface area (Å²) in [5.74, 6) is -1.66. The number of carboxylic acids is 1. The zero-order valence-electron chi connectivity index (χ0n) is 9.27. The summed E-state index contributed by atoms with van der Waals surface area (Å²) in [5, 5.41) is 8.88. The van der Waals surface area contributed by atoms with Crippen LogP contribution >= 0.6 is 0 Å². The van der Waals surface area contributed by atoms with Crippen LogP contribution in [0.5, 0.6) is 0 Å². The topological polar surface area (TPSA) is 37.3 Å². The maximum Gasteiger partial charge on any atom is 0.335 e. The molecule has 17 heavy (non-hydrogen) atoms. The molecule has 3 heteroatoms. The van der Waals surface area contributed by atoms with Crippen molar-refractivity contribution in [2.75, 3.05) is 0 Å². The van der Waals surface area contributed by atoms with Crippen molar-refractivity contribution >= 4 is 5.97 Å². The number of halogens is 1. The second kappa shape index (κ2) is 4.37. The molecule has 0 aliphatic carbocycles. The summed E-state index contributed by atoms with van der Waals surface area (Å²) >= 11 is 0. The Morgan fingerprint density at radius 1 is 1.18 bits per heavy atom. The minimum atomic E-state index is -1.13. The molecule has 0 radical (unpaired) electrons. The van der Waals surface area contributed by atoms with Gasteiger partial charge in [-0.2, -0.15) is 0 Å². The zero-order chi connectivity index (χ0) is 12.4. The summed E-state index contributed by atoms with van der Waals surface area (Å²) in [6, 6.07) is 11.3. The van der Waals surface area contributed by atoms with Crippen LogP contribution in [-0.4, -0.2) is 11.1 Å². The molecule has 0 aromatic heterocycles. The molecule has 0 unspecified atom stereocenters. The molecule has 0 aliphatic rings. The van der Waals surface area contributed by atoms with E-state index in [9.17, 15) is 9.18 Å². The molecule has 0 spiro atoms. The Kier molecular flexibility index (Phi) is 2.91. The van der Waals surface area contributed by atoms with E-state index in [0.29, 0.717) is 5.56 Å².